The number of allylic oxidation sites excluding steroid dienone is 2. The molecule has 25 heavy (non-hydrogen) atoms. The van der Waals surface area contributed by atoms with Crippen LogP contribution in [0.15, 0.2) is 72.8 Å². The van der Waals surface area contributed by atoms with E-state index in [9.17, 15) is 14.7 Å². The molecule has 0 heterocycles. The highest BCUT2D eigenvalue weighted by Gasteiger charge is 2.46. The quantitative estimate of drug-likeness (QED) is 0.684. The van der Waals surface area contributed by atoms with Crippen molar-refractivity contribution < 1.29 is 19.4 Å². The van der Waals surface area contributed by atoms with E-state index < -0.39 is 23.8 Å². The van der Waals surface area contributed by atoms with Gasteiger partial charge in [-0.15, -0.1) is 0 Å². The molecular weight excluding hydrogens is 316 g/mol. The smallest absolute Gasteiger partial charge is 0.310 e. The molecule has 2 aromatic carbocycles. The Labute approximate surface area is 146 Å². The highest BCUT2D eigenvalue weighted by molar-refractivity contribution is 5.84. The molecular formula is C21H20O4. The Hall–Kier alpha value is -2.88. The van der Waals surface area contributed by atoms with Crippen molar-refractivity contribution in [1.29, 1.82) is 0 Å². The first-order chi connectivity index (χ1) is 12.1. The van der Waals surface area contributed by atoms with E-state index in [4.69, 9.17) is 4.74 Å². The Kier molecular flexibility index (Phi) is 4.98. The molecule has 0 radical (unpaired) electrons. The lowest BCUT2D eigenvalue weighted by Crippen LogP contribution is -2.40. The van der Waals surface area contributed by atoms with Gasteiger partial charge in [-0.05, 0) is 11.1 Å². The van der Waals surface area contributed by atoms with Crippen molar-refractivity contribution in [2.45, 2.75) is 11.8 Å². The van der Waals surface area contributed by atoms with Gasteiger partial charge >= 0.3 is 11.9 Å². The summed E-state index contributed by atoms with van der Waals surface area (Å²) >= 11 is 0. The summed E-state index contributed by atoms with van der Waals surface area (Å²) in [5.41, 5.74) is 1.79. The van der Waals surface area contributed by atoms with E-state index in [-0.39, 0.29) is 11.8 Å². The van der Waals surface area contributed by atoms with Gasteiger partial charge in [0, 0.05) is 11.8 Å². The summed E-state index contributed by atoms with van der Waals surface area (Å²) < 4.78 is 4.97. The molecule has 3 rings (SSSR count). The fourth-order valence-electron chi connectivity index (χ4n) is 3.65. The van der Waals surface area contributed by atoms with Crippen LogP contribution in [0.1, 0.15) is 23.0 Å². The summed E-state index contributed by atoms with van der Waals surface area (Å²) in [5.74, 6) is -3.84. The Morgan fingerprint density at radius 1 is 0.800 bits per heavy atom. The minimum Gasteiger partial charge on any atom is -0.481 e. The summed E-state index contributed by atoms with van der Waals surface area (Å²) in [7, 11) is 1.30. The minimum absolute atomic E-state index is 0.324. The van der Waals surface area contributed by atoms with Crippen LogP contribution in [-0.4, -0.2) is 24.2 Å². The van der Waals surface area contributed by atoms with Crippen LogP contribution in [0.3, 0.4) is 0 Å². The van der Waals surface area contributed by atoms with E-state index >= 15 is 0 Å². The van der Waals surface area contributed by atoms with E-state index in [1.165, 1.54) is 7.11 Å². The predicted octanol–water partition coefficient (Wildman–Crippen LogP) is 3.61. The number of methoxy groups -OCH3 is 1. The lowest BCUT2D eigenvalue weighted by atomic mass is 9.66. The number of carboxylic acids is 1. The largest absolute Gasteiger partial charge is 0.481 e. The second-order valence-electron chi connectivity index (χ2n) is 6.17. The molecule has 4 atom stereocenters. The third kappa shape index (κ3) is 3.33. The van der Waals surface area contributed by atoms with Crippen LogP contribution >= 0.6 is 0 Å². The zero-order valence-corrected chi connectivity index (χ0v) is 13.9. The fourth-order valence-corrected chi connectivity index (χ4v) is 3.65. The van der Waals surface area contributed by atoms with Crippen LogP contribution in [0.2, 0.25) is 0 Å². The van der Waals surface area contributed by atoms with Crippen molar-refractivity contribution >= 4 is 11.9 Å². The van der Waals surface area contributed by atoms with Gasteiger partial charge in [0.05, 0.1) is 18.9 Å². The number of hydrogen-bond acceptors (Lipinski definition) is 3. The number of hydrogen-bond donors (Lipinski definition) is 1. The maximum atomic E-state index is 12.5. The maximum absolute atomic E-state index is 12.5. The summed E-state index contributed by atoms with van der Waals surface area (Å²) in [4.78, 5) is 24.6. The number of carbonyl (C=O) groups excluding carboxylic acids is 1. The van der Waals surface area contributed by atoms with Gasteiger partial charge in [0.1, 0.15) is 0 Å². The molecule has 2 aromatic rings. The first-order valence-electron chi connectivity index (χ1n) is 8.22. The highest BCUT2D eigenvalue weighted by atomic mass is 16.5. The van der Waals surface area contributed by atoms with Crippen LogP contribution in [-0.2, 0) is 14.3 Å². The summed E-state index contributed by atoms with van der Waals surface area (Å²) in [6, 6.07) is 18.9. The van der Waals surface area contributed by atoms with Gasteiger partial charge < -0.3 is 9.84 Å². The molecule has 0 spiro atoms. The van der Waals surface area contributed by atoms with Gasteiger partial charge in [-0.25, -0.2) is 0 Å². The molecule has 128 valence electrons. The molecule has 1 aliphatic rings. The molecule has 0 aliphatic heterocycles. The first kappa shape index (κ1) is 17.0. The van der Waals surface area contributed by atoms with Gasteiger partial charge in [0.15, 0.2) is 0 Å². The van der Waals surface area contributed by atoms with Gasteiger partial charge in [-0.1, -0.05) is 72.8 Å². The number of esters is 1. The number of aliphatic carboxylic acids is 1. The van der Waals surface area contributed by atoms with Crippen molar-refractivity contribution in [2.24, 2.45) is 11.8 Å². The molecule has 0 saturated carbocycles. The zero-order valence-electron chi connectivity index (χ0n) is 13.9. The summed E-state index contributed by atoms with van der Waals surface area (Å²) in [5, 5.41) is 9.91. The number of rotatable bonds is 4. The zero-order chi connectivity index (χ0) is 17.8. The van der Waals surface area contributed by atoms with E-state index in [2.05, 4.69) is 0 Å². The SMILES string of the molecule is COC(=O)[C@H]1[C@H](C(=O)O)[C@H](c2ccccc2)C=C[C@H]1c1ccccc1. The second-order valence-corrected chi connectivity index (χ2v) is 6.17. The highest BCUT2D eigenvalue weighted by Crippen LogP contribution is 2.44. The van der Waals surface area contributed by atoms with Gasteiger partial charge in [-0.2, -0.15) is 0 Å². The minimum atomic E-state index is -0.991. The van der Waals surface area contributed by atoms with Crippen molar-refractivity contribution in [3.63, 3.8) is 0 Å². The maximum Gasteiger partial charge on any atom is 0.310 e. The Morgan fingerprint density at radius 2 is 1.24 bits per heavy atom. The van der Waals surface area contributed by atoms with Crippen LogP contribution in [0.25, 0.3) is 0 Å². The van der Waals surface area contributed by atoms with E-state index in [0.717, 1.165) is 11.1 Å². The third-order valence-electron chi connectivity index (χ3n) is 4.81. The monoisotopic (exact) mass is 336 g/mol. The molecule has 0 fully saturated rings. The third-order valence-corrected chi connectivity index (χ3v) is 4.81. The molecule has 4 heteroatoms. The second kappa shape index (κ2) is 7.34. The van der Waals surface area contributed by atoms with Crippen LogP contribution in [0, 0.1) is 11.8 Å². The average Bonchev–Trinajstić information content (AvgIpc) is 2.67. The molecule has 1 aliphatic carbocycles. The van der Waals surface area contributed by atoms with Crippen LogP contribution in [0.5, 0.6) is 0 Å². The van der Waals surface area contributed by atoms with Crippen molar-refractivity contribution in [3.05, 3.63) is 83.9 Å². The average molecular weight is 336 g/mol. The number of carboxylic acid groups (broad SMARTS) is 1. The van der Waals surface area contributed by atoms with E-state index in [0.29, 0.717) is 0 Å². The fraction of sp³-hybridized carbons (Fsp3) is 0.238. The topological polar surface area (TPSA) is 63.6 Å². The Bertz CT molecular complexity index is 767. The van der Waals surface area contributed by atoms with Crippen molar-refractivity contribution in [3.8, 4) is 0 Å². The van der Waals surface area contributed by atoms with E-state index in [1.54, 1.807) is 0 Å². The standard InChI is InChI=1S/C21H20O4/c1-25-21(24)19-17(15-10-6-3-7-11-15)13-12-16(18(19)20(22)23)14-8-4-2-5-9-14/h2-13,16-19H,1H3,(H,22,23)/t16-,17-,18+,19+/m0/s1. The summed E-state index contributed by atoms with van der Waals surface area (Å²) in [6.45, 7) is 0. The van der Waals surface area contributed by atoms with Crippen LogP contribution in [0.4, 0.5) is 0 Å². The molecule has 4 nitrogen and oxygen atoms in total. The molecule has 0 unspecified atom stereocenters. The molecule has 0 bridgehead atoms. The molecule has 0 saturated heterocycles. The molecule has 1 N–H and O–H groups in total. The first-order valence-corrected chi connectivity index (χ1v) is 8.22. The Balaban J connectivity index is 2.10. The van der Waals surface area contributed by atoms with Crippen molar-refractivity contribution in [2.75, 3.05) is 7.11 Å². The van der Waals surface area contributed by atoms with Gasteiger partial charge in [0.25, 0.3) is 0 Å². The number of ether oxygens (including phenoxy) is 1. The van der Waals surface area contributed by atoms with Gasteiger partial charge in [0.2, 0.25) is 0 Å². The number of benzene rings is 2. The molecule has 0 amide bonds. The lowest BCUT2D eigenvalue weighted by molar-refractivity contribution is -0.157. The van der Waals surface area contributed by atoms with E-state index in [1.807, 2.05) is 72.8 Å². The lowest BCUT2D eigenvalue weighted by Gasteiger charge is -2.36. The molecule has 0 aromatic heterocycles. The predicted molar refractivity (Wildman–Crippen MR) is 94.1 cm³/mol. The van der Waals surface area contributed by atoms with Gasteiger partial charge in [-0.3, -0.25) is 9.59 Å². The normalized spacial score (nSPS) is 25.3. The van der Waals surface area contributed by atoms with Crippen LogP contribution < -0.4 is 0 Å². The number of carbonyl (C=O) groups is 2. The summed E-state index contributed by atoms with van der Waals surface area (Å²) in [6.07, 6.45) is 3.85. The Morgan fingerprint density at radius 3 is 1.64 bits per heavy atom. The van der Waals surface area contributed by atoms with Crippen molar-refractivity contribution in [1.82, 2.24) is 0 Å².